The molecule has 4 aromatic rings. The first-order valence-corrected chi connectivity index (χ1v) is 14.2. The number of para-hydroxylation sites is 1. The lowest BCUT2D eigenvalue weighted by Crippen LogP contribution is -2.55. The van der Waals surface area contributed by atoms with Crippen LogP contribution in [0.1, 0.15) is 36.1 Å². The second-order valence-electron chi connectivity index (χ2n) is 9.49. The van der Waals surface area contributed by atoms with E-state index in [0.717, 1.165) is 0 Å². The van der Waals surface area contributed by atoms with Gasteiger partial charge in [0.25, 0.3) is 10.1 Å². The predicted octanol–water partition coefficient (Wildman–Crippen LogP) is 6.18. The molecule has 39 heavy (non-hydrogen) atoms. The average molecular weight is 564 g/mol. The number of aromatic hydroxyl groups is 1. The van der Waals surface area contributed by atoms with Gasteiger partial charge in [0, 0.05) is 16.3 Å². The number of carbonyl (C=O) groups is 1. The monoisotopic (exact) mass is 563 g/mol. The molecule has 0 bridgehead atoms. The van der Waals surface area contributed by atoms with Gasteiger partial charge in [0.15, 0.2) is 0 Å². The van der Waals surface area contributed by atoms with Crippen LogP contribution in [0.5, 0.6) is 5.75 Å². The fourth-order valence-electron chi connectivity index (χ4n) is 5.26. The third kappa shape index (κ3) is 5.42. The largest absolute Gasteiger partial charge is 0.508 e. The second kappa shape index (κ2) is 10.8. The van der Waals surface area contributed by atoms with Gasteiger partial charge in [-0.3, -0.25) is 9.35 Å². The third-order valence-corrected chi connectivity index (χ3v) is 8.22. The Balaban J connectivity index is 1.58. The van der Waals surface area contributed by atoms with Gasteiger partial charge in [0.2, 0.25) is 5.91 Å². The van der Waals surface area contributed by atoms with Gasteiger partial charge in [0.05, 0.1) is 18.1 Å². The minimum absolute atomic E-state index is 0.0585. The van der Waals surface area contributed by atoms with Crippen molar-refractivity contribution in [1.29, 1.82) is 0 Å². The van der Waals surface area contributed by atoms with Crippen molar-refractivity contribution in [2.24, 2.45) is 5.92 Å². The van der Waals surface area contributed by atoms with E-state index in [9.17, 15) is 28.0 Å². The molecule has 7 nitrogen and oxygen atoms in total. The highest BCUT2D eigenvalue weighted by molar-refractivity contribution is 7.86. The van der Waals surface area contributed by atoms with Gasteiger partial charge in [0.1, 0.15) is 10.6 Å². The Bertz CT molecular complexity index is 1630. The number of hydrogen-bond acceptors (Lipinski definition) is 5. The fourth-order valence-corrected chi connectivity index (χ4v) is 6.41. The quantitative estimate of drug-likeness (QED) is 0.174. The molecule has 1 fully saturated rings. The predicted molar refractivity (Wildman–Crippen MR) is 149 cm³/mol. The van der Waals surface area contributed by atoms with Crippen LogP contribution in [0, 0.1) is 5.92 Å². The van der Waals surface area contributed by atoms with Crippen molar-refractivity contribution in [3.63, 3.8) is 0 Å². The SMILES string of the molecule is O=C1[C@H](CC[C@H](O)c2cccc(Cl)c2)[C@@H](c2cccc(-c3cccc(O)c3)c2S(=O)(=O)O)N1c1ccccc1. The molecule has 1 aliphatic rings. The number of aliphatic hydroxyl groups is 1. The van der Waals surface area contributed by atoms with Crippen molar-refractivity contribution < 1.29 is 28.0 Å². The maximum absolute atomic E-state index is 13.5. The normalized spacial score (nSPS) is 18.0. The van der Waals surface area contributed by atoms with Gasteiger partial charge < -0.3 is 15.1 Å². The highest BCUT2D eigenvalue weighted by Crippen LogP contribution is 2.49. The van der Waals surface area contributed by atoms with Crippen LogP contribution < -0.4 is 4.90 Å². The summed E-state index contributed by atoms with van der Waals surface area (Å²) in [5, 5.41) is 21.3. The zero-order chi connectivity index (χ0) is 27.7. The Labute approximate surface area is 231 Å². The van der Waals surface area contributed by atoms with E-state index in [-0.39, 0.29) is 40.5 Å². The first kappa shape index (κ1) is 26.9. The van der Waals surface area contributed by atoms with Crippen molar-refractivity contribution in [3.8, 4) is 16.9 Å². The summed E-state index contributed by atoms with van der Waals surface area (Å²) in [6, 6.07) is 25.9. The van der Waals surface area contributed by atoms with Gasteiger partial charge in [-0.05, 0) is 65.9 Å². The van der Waals surface area contributed by atoms with E-state index in [2.05, 4.69) is 0 Å². The first-order valence-electron chi connectivity index (χ1n) is 12.4. The van der Waals surface area contributed by atoms with Crippen molar-refractivity contribution in [2.45, 2.75) is 29.9 Å². The number of amides is 1. The number of phenols is 1. The molecular formula is C30H26ClNO6S. The second-order valence-corrected chi connectivity index (χ2v) is 11.3. The molecular weight excluding hydrogens is 538 g/mol. The fraction of sp³-hybridized carbons (Fsp3) is 0.167. The van der Waals surface area contributed by atoms with Crippen molar-refractivity contribution in [1.82, 2.24) is 0 Å². The minimum atomic E-state index is -4.76. The molecule has 9 heteroatoms. The molecule has 0 aromatic heterocycles. The van der Waals surface area contributed by atoms with Crippen LogP contribution in [0.3, 0.4) is 0 Å². The molecule has 0 saturated carbocycles. The van der Waals surface area contributed by atoms with E-state index in [0.29, 0.717) is 21.8 Å². The third-order valence-electron chi connectivity index (χ3n) is 7.01. The number of benzene rings is 4. The van der Waals surface area contributed by atoms with Gasteiger partial charge in [-0.15, -0.1) is 0 Å². The maximum atomic E-state index is 13.5. The molecule has 5 rings (SSSR count). The highest BCUT2D eigenvalue weighted by Gasteiger charge is 2.50. The summed E-state index contributed by atoms with van der Waals surface area (Å²) in [4.78, 5) is 14.7. The maximum Gasteiger partial charge on any atom is 0.295 e. The molecule has 1 aliphatic heterocycles. The molecule has 4 aromatic carbocycles. The number of carbonyl (C=O) groups excluding carboxylic acids is 1. The summed E-state index contributed by atoms with van der Waals surface area (Å²) in [5.41, 5.74) is 2.06. The number of halogens is 1. The van der Waals surface area contributed by atoms with Crippen LogP contribution in [0.2, 0.25) is 5.02 Å². The first-order chi connectivity index (χ1) is 18.6. The average Bonchev–Trinajstić information content (AvgIpc) is 2.91. The number of β-lactam (4-membered cyclic amide) rings is 1. The zero-order valence-electron chi connectivity index (χ0n) is 20.7. The van der Waals surface area contributed by atoms with Crippen LogP contribution in [0.4, 0.5) is 5.69 Å². The summed E-state index contributed by atoms with van der Waals surface area (Å²) in [7, 11) is -4.76. The Kier molecular flexibility index (Phi) is 7.46. The number of hydrogen-bond donors (Lipinski definition) is 3. The van der Waals surface area contributed by atoms with E-state index in [1.807, 2.05) is 6.07 Å². The summed E-state index contributed by atoms with van der Waals surface area (Å²) in [6.07, 6.45) is -0.368. The van der Waals surface area contributed by atoms with Crippen LogP contribution in [0.15, 0.2) is 102 Å². The molecule has 1 heterocycles. The van der Waals surface area contributed by atoms with E-state index in [4.69, 9.17) is 11.6 Å². The summed E-state index contributed by atoms with van der Waals surface area (Å²) >= 11 is 6.07. The van der Waals surface area contributed by atoms with Gasteiger partial charge >= 0.3 is 0 Å². The summed E-state index contributed by atoms with van der Waals surface area (Å²) in [5.74, 6) is -0.927. The van der Waals surface area contributed by atoms with Crippen molar-refractivity contribution >= 4 is 33.3 Å². The van der Waals surface area contributed by atoms with E-state index < -0.39 is 28.2 Å². The molecule has 0 unspecified atom stereocenters. The molecule has 1 amide bonds. The number of nitrogens with zero attached hydrogens (tertiary/aromatic N) is 1. The molecule has 3 N–H and O–H groups in total. The van der Waals surface area contributed by atoms with Crippen molar-refractivity contribution in [2.75, 3.05) is 4.90 Å². The molecule has 0 spiro atoms. The lowest BCUT2D eigenvalue weighted by atomic mass is 9.77. The van der Waals surface area contributed by atoms with E-state index >= 15 is 0 Å². The van der Waals surface area contributed by atoms with Crippen LogP contribution >= 0.6 is 11.6 Å². The molecule has 0 radical (unpaired) electrons. The molecule has 0 aliphatic carbocycles. The molecule has 1 saturated heterocycles. The Morgan fingerprint density at radius 1 is 0.897 bits per heavy atom. The van der Waals surface area contributed by atoms with Gasteiger partial charge in [-0.25, -0.2) is 0 Å². The molecule has 3 atom stereocenters. The highest BCUT2D eigenvalue weighted by atomic mass is 35.5. The summed E-state index contributed by atoms with van der Waals surface area (Å²) < 4.78 is 36.1. The van der Waals surface area contributed by atoms with Crippen LogP contribution in [-0.4, -0.2) is 29.1 Å². The minimum Gasteiger partial charge on any atom is -0.508 e. The smallest absolute Gasteiger partial charge is 0.295 e. The van der Waals surface area contributed by atoms with Crippen LogP contribution in [0.25, 0.3) is 11.1 Å². The molecule has 200 valence electrons. The number of phenolic OH excluding ortho intramolecular Hbond substituents is 1. The Morgan fingerprint density at radius 2 is 1.62 bits per heavy atom. The standard InChI is InChI=1S/C30H26ClNO6S/c31-21-9-4-8-20(17-21)27(34)16-15-26-28(32(30(26)35)22-10-2-1-3-11-22)25-14-6-13-24(29(25)39(36,37)38)19-7-5-12-23(33)18-19/h1-14,17-18,26-28,33-34H,15-16H2,(H,36,37,38)/t26-,27+,28-/m1/s1. The number of rotatable bonds is 8. The number of anilines is 1. The van der Waals surface area contributed by atoms with Crippen molar-refractivity contribution in [3.05, 3.63) is 113 Å². The summed E-state index contributed by atoms with van der Waals surface area (Å²) in [6.45, 7) is 0. The zero-order valence-corrected chi connectivity index (χ0v) is 22.3. The van der Waals surface area contributed by atoms with Gasteiger partial charge in [-0.2, -0.15) is 8.42 Å². The van der Waals surface area contributed by atoms with E-state index in [1.54, 1.807) is 78.9 Å². The van der Waals surface area contributed by atoms with E-state index in [1.165, 1.54) is 17.0 Å². The van der Waals surface area contributed by atoms with Gasteiger partial charge in [-0.1, -0.05) is 72.3 Å². The topological polar surface area (TPSA) is 115 Å². The Morgan fingerprint density at radius 3 is 2.31 bits per heavy atom. The lowest BCUT2D eigenvalue weighted by Gasteiger charge is -2.48. The lowest BCUT2D eigenvalue weighted by molar-refractivity contribution is -0.131. The Hall–Kier alpha value is -3.69. The number of aliphatic hydroxyl groups excluding tert-OH is 1. The van der Waals surface area contributed by atoms with Crippen LogP contribution in [-0.2, 0) is 14.9 Å².